The summed E-state index contributed by atoms with van der Waals surface area (Å²) in [5.74, 6) is 0.790. The smallest absolute Gasteiger partial charge is 0.260 e. The Morgan fingerprint density at radius 1 is 1.00 bits per heavy atom. The normalized spacial score (nSPS) is 11.5. The molecule has 0 N–H and O–H groups in total. The second kappa shape index (κ2) is 6.49. The molecule has 5 aromatic rings. The molecular formula is C22H16BrN3O2. The van der Waals surface area contributed by atoms with Crippen LogP contribution in [0.25, 0.3) is 27.6 Å². The van der Waals surface area contributed by atoms with E-state index in [-0.39, 0.29) is 5.56 Å². The average Bonchev–Trinajstić information content (AvgIpc) is 3.13. The van der Waals surface area contributed by atoms with Gasteiger partial charge in [-0.2, -0.15) is 0 Å². The van der Waals surface area contributed by atoms with E-state index in [4.69, 9.17) is 9.72 Å². The Labute approximate surface area is 168 Å². The summed E-state index contributed by atoms with van der Waals surface area (Å²) < 4.78 is 9.90. The molecule has 0 radical (unpaired) electrons. The van der Waals surface area contributed by atoms with Crippen LogP contribution in [0.3, 0.4) is 0 Å². The number of halogens is 1. The Morgan fingerprint density at radius 2 is 1.75 bits per heavy atom. The van der Waals surface area contributed by atoms with Crippen molar-refractivity contribution in [1.29, 1.82) is 0 Å². The predicted octanol–water partition coefficient (Wildman–Crippen LogP) is 4.62. The maximum atomic E-state index is 13.4. The Kier molecular flexibility index (Phi) is 3.94. The molecular weight excluding hydrogens is 418 g/mol. The highest BCUT2D eigenvalue weighted by Crippen LogP contribution is 2.27. The fraction of sp³-hybridized carbons (Fsp3) is 0.0909. The van der Waals surface area contributed by atoms with E-state index < -0.39 is 0 Å². The van der Waals surface area contributed by atoms with E-state index >= 15 is 0 Å². The van der Waals surface area contributed by atoms with Gasteiger partial charge in [-0.15, -0.1) is 0 Å². The molecule has 6 heteroatoms. The van der Waals surface area contributed by atoms with Crippen LogP contribution in [0.2, 0.25) is 0 Å². The number of hydrogen-bond donors (Lipinski definition) is 0. The van der Waals surface area contributed by atoms with E-state index in [9.17, 15) is 4.79 Å². The van der Waals surface area contributed by atoms with E-state index in [1.165, 1.54) is 0 Å². The van der Waals surface area contributed by atoms with Crippen molar-refractivity contribution in [3.63, 3.8) is 0 Å². The Morgan fingerprint density at radius 3 is 2.50 bits per heavy atom. The molecule has 0 amide bonds. The van der Waals surface area contributed by atoms with Gasteiger partial charge in [0, 0.05) is 17.0 Å². The first-order valence-corrected chi connectivity index (χ1v) is 9.67. The fourth-order valence-electron chi connectivity index (χ4n) is 3.64. The predicted molar refractivity (Wildman–Crippen MR) is 114 cm³/mol. The average molecular weight is 434 g/mol. The van der Waals surface area contributed by atoms with Crippen LogP contribution in [0.4, 0.5) is 0 Å². The summed E-state index contributed by atoms with van der Waals surface area (Å²) in [6.45, 7) is 0.449. The SMILES string of the molecule is COc1ccc(Cn2c(=O)c3ccccc3c3nc4c(Br)cccn4c32)cc1. The number of benzene rings is 2. The van der Waals surface area contributed by atoms with E-state index in [1.807, 2.05) is 71.3 Å². The van der Waals surface area contributed by atoms with Crippen LogP contribution in [0.1, 0.15) is 5.56 Å². The van der Waals surface area contributed by atoms with Gasteiger partial charge in [-0.25, -0.2) is 4.98 Å². The van der Waals surface area contributed by atoms with Gasteiger partial charge in [0.2, 0.25) is 0 Å². The lowest BCUT2D eigenvalue weighted by Gasteiger charge is -2.11. The lowest BCUT2D eigenvalue weighted by atomic mass is 10.1. The number of ether oxygens (including phenoxy) is 1. The van der Waals surface area contributed by atoms with Crippen LogP contribution in [0.15, 0.2) is 76.1 Å². The Hall–Kier alpha value is -3.12. The van der Waals surface area contributed by atoms with Crippen LogP contribution >= 0.6 is 15.9 Å². The van der Waals surface area contributed by atoms with Crippen molar-refractivity contribution in [2.45, 2.75) is 6.54 Å². The van der Waals surface area contributed by atoms with Crippen LogP contribution in [-0.2, 0) is 6.54 Å². The summed E-state index contributed by atoms with van der Waals surface area (Å²) in [4.78, 5) is 18.2. The van der Waals surface area contributed by atoms with Crippen molar-refractivity contribution in [2.75, 3.05) is 7.11 Å². The van der Waals surface area contributed by atoms with Crippen molar-refractivity contribution >= 4 is 43.5 Å². The van der Waals surface area contributed by atoms with Gasteiger partial charge < -0.3 is 4.74 Å². The second-order valence-corrected chi connectivity index (χ2v) is 7.47. The molecule has 28 heavy (non-hydrogen) atoms. The molecule has 3 heterocycles. The molecule has 5 nitrogen and oxygen atoms in total. The zero-order chi connectivity index (χ0) is 19.3. The first-order valence-electron chi connectivity index (χ1n) is 8.88. The fourth-order valence-corrected chi connectivity index (χ4v) is 4.07. The van der Waals surface area contributed by atoms with Crippen molar-refractivity contribution in [3.8, 4) is 5.75 Å². The molecule has 0 saturated heterocycles. The summed E-state index contributed by atoms with van der Waals surface area (Å²) in [5.41, 5.74) is 3.38. The molecule has 0 atom stereocenters. The summed E-state index contributed by atoms with van der Waals surface area (Å²) in [7, 11) is 1.64. The van der Waals surface area contributed by atoms with E-state index in [0.29, 0.717) is 11.9 Å². The summed E-state index contributed by atoms with van der Waals surface area (Å²) in [6.07, 6.45) is 1.94. The molecule has 0 spiro atoms. The van der Waals surface area contributed by atoms with Crippen LogP contribution < -0.4 is 10.3 Å². The molecule has 0 fully saturated rings. The van der Waals surface area contributed by atoms with Gasteiger partial charge in [0.25, 0.3) is 5.56 Å². The van der Waals surface area contributed by atoms with E-state index in [2.05, 4.69) is 15.9 Å². The van der Waals surface area contributed by atoms with Gasteiger partial charge in [0.15, 0.2) is 5.65 Å². The molecule has 0 unspecified atom stereocenters. The maximum Gasteiger partial charge on any atom is 0.260 e. The third kappa shape index (κ3) is 2.52. The van der Waals surface area contributed by atoms with Crippen LogP contribution in [0, 0.1) is 0 Å². The minimum atomic E-state index is -0.0271. The second-order valence-electron chi connectivity index (χ2n) is 6.62. The number of methoxy groups -OCH3 is 1. The van der Waals surface area contributed by atoms with E-state index in [1.54, 1.807) is 11.7 Å². The number of aromatic nitrogens is 3. The molecule has 138 valence electrons. The van der Waals surface area contributed by atoms with Crippen LogP contribution in [0.5, 0.6) is 5.75 Å². The van der Waals surface area contributed by atoms with Crippen molar-refractivity contribution in [3.05, 3.63) is 87.3 Å². The molecule has 0 aliphatic rings. The minimum Gasteiger partial charge on any atom is -0.497 e. The monoisotopic (exact) mass is 433 g/mol. The highest BCUT2D eigenvalue weighted by Gasteiger charge is 2.17. The summed E-state index contributed by atoms with van der Waals surface area (Å²) in [5, 5.41) is 1.53. The van der Waals surface area contributed by atoms with Crippen LogP contribution in [-0.4, -0.2) is 21.1 Å². The third-order valence-corrected chi connectivity index (χ3v) is 5.61. The third-order valence-electron chi connectivity index (χ3n) is 4.99. The van der Waals surface area contributed by atoms with Gasteiger partial charge in [-0.05, 0) is 51.8 Å². The number of nitrogens with zero attached hydrogens (tertiary/aromatic N) is 3. The molecule has 0 aliphatic carbocycles. The Bertz CT molecular complexity index is 1400. The zero-order valence-corrected chi connectivity index (χ0v) is 16.7. The largest absolute Gasteiger partial charge is 0.497 e. The molecule has 5 rings (SSSR count). The maximum absolute atomic E-state index is 13.4. The topological polar surface area (TPSA) is 48.5 Å². The van der Waals surface area contributed by atoms with Gasteiger partial charge in [-0.1, -0.05) is 30.3 Å². The van der Waals surface area contributed by atoms with Gasteiger partial charge in [0.05, 0.1) is 18.1 Å². The van der Waals surface area contributed by atoms with Crippen molar-refractivity contribution in [1.82, 2.24) is 14.0 Å². The lowest BCUT2D eigenvalue weighted by molar-refractivity contribution is 0.414. The standard InChI is InChI=1S/C22H16BrN3O2/c1-28-15-10-8-14(9-11-15)13-26-21-19(16-5-2-3-6-17(16)22(26)27)24-20-18(23)7-4-12-25(20)21/h2-12H,13H2,1H3. The number of fused-ring (bicyclic) bond motifs is 5. The summed E-state index contributed by atoms with van der Waals surface area (Å²) >= 11 is 3.58. The molecule has 2 aromatic carbocycles. The highest BCUT2D eigenvalue weighted by molar-refractivity contribution is 9.10. The zero-order valence-electron chi connectivity index (χ0n) is 15.1. The quantitative estimate of drug-likeness (QED) is 0.416. The lowest BCUT2D eigenvalue weighted by Crippen LogP contribution is -2.22. The first-order chi connectivity index (χ1) is 13.7. The highest BCUT2D eigenvalue weighted by atomic mass is 79.9. The number of hydrogen-bond acceptors (Lipinski definition) is 3. The molecule has 0 aliphatic heterocycles. The van der Waals surface area contributed by atoms with Crippen molar-refractivity contribution in [2.24, 2.45) is 0 Å². The minimum absolute atomic E-state index is 0.0271. The van der Waals surface area contributed by atoms with Gasteiger partial charge in [-0.3, -0.25) is 13.8 Å². The number of pyridine rings is 2. The number of imidazole rings is 1. The van der Waals surface area contributed by atoms with Gasteiger partial charge >= 0.3 is 0 Å². The van der Waals surface area contributed by atoms with Crippen molar-refractivity contribution < 1.29 is 4.74 Å². The number of rotatable bonds is 3. The van der Waals surface area contributed by atoms with Gasteiger partial charge in [0.1, 0.15) is 16.9 Å². The summed E-state index contributed by atoms with van der Waals surface area (Å²) in [6, 6.07) is 19.3. The molecule has 0 saturated carbocycles. The first kappa shape index (κ1) is 17.0. The Balaban J connectivity index is 1.87. The van der Waals surface area contributed by atoms with E-state index in [0.717, 1.165) is 38.0 Å². The molecule has 0 bridgehead atoms. The molecule has 3 aromatic heterocycles.